The van der Waals surface area contributed by atoms with Gasteiger partial charge < -0.3 is 0 Å². The number of rotatable bonds is 3. The molecule has 0 unspecified atom stereocenters. The van der Waals surface area contributed by atoms with Crippen LogP contribution in [0.1, 0.15) is 15.9 Å². The van der Waals surface area contributed by atoms with Crippen LogP contribution in [0.5, 0.6) is 0 Å². The summed E-state index contributed by atoms with van der Waals surface area (Å²) < 4.78 is 37.5. The number of nitrogens with zero attached hydrogens (tertiary/aromatic N) is 1. The molecule has 0 atom stereocenters. The molecule has 2 rings (SSSR count). The summed E-state index contributed by atoms with van der Waals surface area (Å²) in [4.78, 5) is 27.3. The van der Waals surface area contributed by atoms with Gasteiger partial charge in [-0.3, -0.25) is 4.79 Å². The molecular formula is C17H10Cl3F3N2O2. The predicted molar refractivity (Wildman–Crippen MR) is 99.0 cm³/mol. The van der Waals surface area contributed by atoms with Crippen LogP contribution in [-0.2, 0) is 0 Å². The minimum Gasteiger partial charge on any atom is -0.268 e. The van der Waals surface area contributed by atoms with Crippen molar-refractivity contribution in [1.82, 2.24) is 4.84 Å². The summed E-state index contributed by atoms with van der Waals surface area (Å²) in [5, 5.41) is -1.19. The smallest absolute Gasteiger partial charge is 0.268 e. The molecule has 2 aromatic rings. The van der Waals surface area contributed by atoms with Gasteiger partial charge in [-0.2, -0.15) is 13.2 Å². The van der Waals surface area contributed by atoms with Gasteiger partial charge in [-0.15, -0.1) is 0 Å². The van der Waals surface area contributed by atoms with Gasteiger partial charge in [0.25, 0.3) is 5.91 Å². The highest BCUT2D eigenvalue weighted by molar-refractivity contribution is 6.37. The van der Waals surface area contributed by atoms with Gasteiger partial charge in [-0.1, -0.05) is 47.5 Å². The van der Waals surface area contributed by atoms with Crippen molar-refractivity contribution in [2.24, 2.45) is 0 Å². The number of hydrogen-bond donors (Lipinski definition) is 1. The normalized spacial score (nSPS) is 11.9. The number of urea groups is 1. The van der Waals surface area contributed by atoms with Crippen LogP contribution in [0, 0.1) is 0 Å². The third-order valence-electron chi connectivity index (χ3n) is 3.31. The molecule has 0 spiro atoms. The van der Waals surface area contributed by atoms with Crippen molar-refractivity contribution >= 4 is 58.7 Å². The van der Waals surface area contributed by atoms with E-state index in [4.69, 9.17) is 35.0 Å². The standard InChI is InChI=1S/C17H10Cl3F3N2O2/c18-13-4-2-1-3-12(13)15(26)25(16(27)24-20)11-7-5-10(6-8-11)9-14(19)17(21,22)23/h1-9H,(H,24,27). The largest absolute Gasteiger partial charge is 0.426 e. The highest BCUT2D eigenvalue weighted by atomic mass is 35.5. The van der Waals surface area contributed by atoms with Crippen LogP contribution in [0.15, 0.2) is 53.6 Å². The van der Waals surface area contributed by atoms with E-state index in [1.165, 1.54) is 36.4 Å². The van der Waals surface area contributed by atoms with Gasteiger partial charge in [0.2, 0.25) is 0 Å². The van der Waals surface area contributed by atoms with Crippen molar-refractivity contribution in [3.63, 3.8) is 0 Å². The molecule has 10 heteroatoms. The van der Waals surface area contributed by atoms with E-state index in [0.29, 0.717) is 11.0 Å². The molecule has 27 heavy (non-hydrogen) atoms. The molecule has 0 aliphatic rings. The number of carbonyl (C=O) groups is 2. The summed E-state index contributed by atoms with van der Waals surface area (Å²) in [6, 6.07) is 10.2. The number of halogens is 6. The summed E-state index contributed by atoms with van der Waals surface area (Å²) >= 11 is 16.5. The molecule has 3 amide bonds. The van der Waals surface area contributed by atoms with Crippen molar-refractivity contribution in [3.05, 3.63) is 69.7 Å². The van der Waals surface area contributed by atoms with Gasteiger partial charge >= 0.3 is 12.2 Å². The Hall–Kier alpha value is -2.22. The van der Waals surface area contributed by atoms with Gasteiger partial charge in [0.05, 0.1) is 16.3 Å². The number of hydrogen-bond acceptors (Lipinski definition) is 2. The Kier molecular flexibility index (Phi) is 6.75. The lowest BCUT2D eigenvalue weighted by molar-refractivity contribution is -0.0836. The average molecular weight is 438 g/mol. The molecule has 0 radical (unpaired) electrons. The molecule has 0 bridgehead atoms. The van der Waals surface area contributed by atoms with Gasteiger partial charge in [0.1, 0.15) is 5.03 Å². The summed E-state index contributed by atoms with van der Waals surface area (Å²) in [5.74, 6) is -0.768. The van der Waals surface area contributed by atoms with E-state index in [0.717, 1.165) is 0 Å². The molecule has 2 aromatic carbocycles. The lowest BCUT2D eigenvalue weighted by Crippen LogP contribution is -2.41. The van der Waals surface area contributed by atoms with E-state index in [1.54, 1.807) is 12.1 Å². The number of alkyl halides is 3. The monoisotopic (exact) mass is 436 g/mol. The van der Waals surface area contributed by atoms with Crippen LogP contribution in [0.2, 0.25) is 5.02 Å². The molecule has 0 fully saturated rings. The van der Waals surface area contributed by atoms with Crippen LogP contribution in [0.25, 0.3) is 6.08 Å². The molecule has 4 nitrogen and oxygen atoms in total. The molecule has 0 saturated carbocycles. The van der Waals surface area contributed by atoms with E-state index in [1.807, 2.05) is 4.84 Å². The van der Waals surface area contributed by atoms with Crippen molar-refractivity contribution in [3.8, 4) is 0 Å². The highest BCUT2D eigenvalue weighted by Crippen LogP contribution is 2.31. The van der Waals surface area contributed by atoms with Gasteiger partial charge in [0.15, 0.2) is 0 Å². The lowest BCUT2D eigenvalue weighted by atomic mass is 10.1. The molecule has 1 N–H and O–H groups in total. The minimum atomic E-state index is -4.68. The van der Waals surface area contributed by atoms with Crippen molar-refractivity contribution in [2.45, 2.75) is 6.18 Å². The molecule has 0 aliphatic carbocycles. The van der Waals surface area contributed by atoms with Crippen molar-refractivity contribution < 1.29 is 22.8 Å². The van der Waals surface area contributed by atoms with Gasteiger partial charge in [0, 0.05) is 11.8 Å². The number of imide groups is 1. The lowest BCUT2D eigenvalue weighted by Gasteiger charge is -2.20. The fourth-order valence-electron chi connectivity index (χ4n) is 2.07. The molecule has 0 heterocycles. The topological polar surface area (TPSA) is 49.4 Å². The summed E-state index contributed by atoms with van der Waals surface area (Å²) in [6.45, 7) is 0. The van der Waals surface area contributed by atoms with Crippen molar-refractivity contribution in [1.29, 1.82) is 0 Å². The zero-order valence-corrected chi connectivity index (χ0v) is 15.5. The maximum absolute atomic E-state index is 12.7. The van der Waals surface area contributed by atoms with Crippen LogP contribution < -0.4 is 9.74 Å². The Balaban J connectivity index is 2.40. The summed E-state index contributed by atoms with van der Waals surface area (Å²) in [7, 11) is 0. The molecule has 142 valence electrons. The number of amides is 3. The summed E-state index contributed by atoms with van der Waals surface area (Å²) in [6.07, 6.45) is -3.96. The van der Waals surface area contributed by atoms with E-state index >= 15 is 0 Å². The first-order chi connectivity index (χ1) is 12.6. The van der Waals surface area contributed by atoms with Crippen LogP contribution >= 0.6 is 35.0 Å². The number of carbonyl (C=O) groups excluding carboxylic acids is 2. The van der Waals surface area contributed by atoms with Crippen molar-refractivity contribution in [2.75, 3.05) is 4.90 Å². The van der Waals surface area contributed by atoms with Crippen LogP contribution in [0.3, 0.4) is 0 Å². The number of allylic oxidation sites excluding steroid dienone is 1. The Morgan fingerprint density at radius 2 is 1.63 bits per heavy atom. The zero-order chi connectivity index (χ0) is 20.2. The molecular weight excluding hydrogens is 428 g/mol. The van der Waals surface area contributed by atoms with E-state index in [-0.39, 0.29) is 21.8 Å². The molecule has 0 aliphatic heterocycles. The fourth-order valence-corrected chi connectivity index (χ4v) is 2.50. The quantitative estimate of drug-likeness (QED) is 0.599. The number of anilines is 1. The first kappa shape index (κ1) is 21.1. The predicted octanol–water partition coefficient (Wildman–Crippen LogP) is 5.99. The van der Waals surface area contributed by atoms with E-state index < -0.39 is 23.1 Å². The van der Waals surface area contributed by atoms with Crippen LogP contribution in [0.4, 0.5) is 23.7 Å². The van der Waals surface area contributed by atoms with E-state index in [2.05, 4.69) is 0 Å². The second-order valence-electron chi connectivity index (χ2n) is 5.10. The second-order valence-corrected chi connectivity index (χ2v) is 6.11. The first-order valence-electron chi connectivity index (χ1n) is 7.19. The Labute approximate surface area is 167 Å². The first-order valence-corrected chi connectivity index (χ1v) is 8.32. The Morgan fingerprint density at radius 1 is 1.04 bits per heavy atom. The molecule has 0 saturated heterocycles. The third kappa shape index (κ3) is 5.15. The zero-order valence-electron chi connectivity index (χ0n) is 13.2. The highest BCUT2D eigenvalue weighted by Gasteiger charge is 2.32. The number of benzene rings is 2. The SMILES string of the molecule is O=C(NCl)N(C(=O)c1ccccc1Cl)c1ccc(C=C(Cl)C(F)(F)F)cc1. The minimum absolute atomic E-state index is 0.0449. The van der Waals surface area contributed by atoms with Crippen LogP contribution in [-0.4, -0.2) is 18.1 Å². The summed E-state index contributed by atoms with van der Waals surface area (Å²) in [5.41, 5.74) is 0.236. The molecule has 0 aromatic heterocycles. The van der Waals surface area contributed by atoms with Gasteiger partial charge in [-0.25, -0.2) is 14.5 Å². The maximum atomic E-state index is 12.7. The number of nitrogens with one attached hydrogen (secondary N) is 1. The Bertz CT molecular complexity index is 884. The average Bonchev–Trinajstić information content (AvgIpc) is 2.62. The Morgan fingerprint density at radius 3 is 2.15 bits per heavy atom. The second kappa shape index (κ2) is 8.65. The fraction of sp³-hybridized carbons (Fsp3) is 0.0588. The van der Waals surface area contributed by atoms with E-state index in [9.17, 15) is 22.8 Å². The third-order valence-corrected chi connectivity index (χ3v) is 4.12. The maximum Gasteiger partial charge on any atom is 0.426 e. The van der Waals surface area contributed by atoms with Gasteiger partial charge in [-0.05, 0) is 35.9 Å².